The zero-order valence-corrected chi connectivity index (χ0v) is 20.5. The average molecular weight is 591 g/mol. The summed E-state index contributed by atoms with van der Waals surface area (Å²) in [6, 6.07) is -0.939. The van der Waals surface area contributed by atoms with Gasteiger partial charge in [-0.25, -0.2) is 13.9 Å². The lowest BCUT2D eigenvalue weighted by Gasteiger charge is -2.40. The minimum Gasteiger partial charge on any atom is -0.394 e. The van der Waals surface area contributed by atoms with Crippen LogP contribution in [0.2, 0.25) is 0 Å². The van der Waals surface area contributed by atoms with Crippen LogP contribution in [0.15, 0.2) is 27.0 Å². The van der Waals surface area contributed by atoms with Gasteiger partial charge >= 0.3 is 21.3 Å². The molecule has 2 aliphatic heterocycles. The SMILES string of the molecule is [N-]=[N+]=NC1C(O)[C@H](O)C(CO)O[C@@H]1OP(=O)(O)OP(=O)(O)OC[C@H]1O[C@@H](n2ccc(=O)[nH]c2=O)C(O)C1O. The van der Waals surface area contributed by atoms with Gasteiger partial charge in [-0.1, -0.05) is 5.11 Å². The minimum atomic E-state index is -5.64. The minimum absolute atomic E-state index is 0.718. The molecule has 38 heavy (non-hydrogen) atoms. The van der Waals surface area contributed by atoms with E-state index in [4.69, 9.17) is 15.0 Å². The molecule has 3 heterocycles. The molecule has 23 heteroatoms. The van der Waals surface area contributed by atoms with Gasteiger partial charge in [-0.3, -0.25) is 23.4 Å². The zero-order valence-electron chi connectivity index (χ0n) is 18.8. The Bertz CT molecular complexity index is 1250. The molecule has 214 valence electrons. The number of H-pyrrole nitrogens is 1. The summed E-state index contributed by atoms with van der Waals surface area (Å²) in [6.07, 6.45) is -13.2. The summed E-state index contributed by atoms with van der Waals surface area (Å²) in [6.45, 7) is -1.96. The van der Waals surface area contributed by atoms with Crippen molar-refractivity contribution in [3.8, 4) is 0 Å². The van der Waals surface area contributed by atoms with E-state index in [1.54, 1.807) is 0 Å². The largest absolute Gasteiger partial charge is 0.483 e. The van der Waals surface area contributed by atoms with Gasteiger partial charge in [0.25, 0.3) is 5.56 Å². The quantitative estimate of drug-likeness (QED) is 0.0567. The molecule has 21 nitrogen and oxygen atoms in total. The van der Waals surface area contributed by atoms with Gasteiger partial charge in [0.15, 0.2) is 12.5 Å². The summed E-state index contributed by atoms with van der Waals surface area (Å²) in [7, 11) is -11.2. The van der Waals surface area contributed by atoms with Crippen molar-refractivity contribution in [2.45, 2.75) is 55.2 Å². The van der Waals surface area contributed by atoms with Gasteiger partial charge in [0.05, 0.1) is 19.3 Å². The second-order valence-corrected chi connectivity index (χ2v) is 10.9. The van der Waals surface area contributed by atoms with E-state index in [0.717, 1.165) is 16.8 Å². The third kappa shape index (κ3) is 6.93. The number of azide groups is 1. The Labute approximate surface area is 210 Å². The van der Waals surface area contributed by atoms with Gasteiger partial charge in [0.1, 0.15) is 36.6 Å². The number of hydrogen-bond acceptors (Lipinski definition) is 15. The molecule has 2 fully saturated rings. The normalized spacial score (nSPS) is 36.7. The molecule has 0 aliphatic carbocycles. The summed E-state index contributed by atoms with van der Waals surface area (Å²) in [5, 5.41) is 52.5. The standard InChI is InChI=1S/C15H23N5O16P2/c16-19-18-8-11(25)9(23)5(3-21)34-14(8)35-38(30,31)36-37(28,29)32-4-6-10(24)12(26)13(33-6)20-2-1-7(22)17-15(20)27/h1-2,5-6,8-14,21,23-26H,3-4H2,(H,28,29)(H,30,31)(H,17,22,27)/t5?,6-,8?,9-,10?,11?,12?,13-,14-/m1/s1. The molecular weight excluding hydrogens is 568 g/mol. The monoisotopic (exact) mass is 591 g/mol. The van der Waals surface area contributed by atoms with Gasteiger partial charge in [0.2, 0.25) is 0 Å². The Morgan fingerprint density at radius 1 is 1.05 bits per heavy atom. The van der Waals surface area contributed by atoms with Crippen molar-refractivity contribution in [2.24, 2.45) is 5.11 Å². The lowest BCUT2D eigenvalue weighted by atomic mass is 9.98. The molecule has 7 unspecified atom stereocenters. The second-order valence-electron chi connectivity index (χ2n) is 7.89. The fourth-order valence-electron chi connectivity index (χ4n) is 3.53. The molecular formula is C15H23N5O16P2. The van der Waals surface area contributed by atoms with Crippen molar-refractivity contribution in [2.75, 3.05) is 13.2 Å². The fourth-order valence-corrected chi connectivity index (χ4v) is 5.69. The molecule has 0 spiro atoms. The van der Waals surface area contributed by atoms with Crippen molar-refractivity contribution in [3.63, 3.8) is 0 Å². The van der Waals surface area contributed by atoms with E-state index in [2.05, 4.69) is 23.4 Å². The van der Waals surface area contributed by atoms with Gasteiger partial charge in [0, 0.05) is 17.2 Å². The first-order valence-electron chi connectivity index (χ1n) is 10.4. The van der Waals surface area contributed by atoms with Crippen molar-refractivity contribution in [1.82, 2.24) is 9.55 Å². The number of aliphatic hydroxyl groups excluding tert-OH is 5. The number of ether oxygens (including phenoxy) is 2. The van der Waals surface area contributed by atoms with Crippen LogP contribution in [-0.2, 0) is 32.0 Å². The van der Waals surface area contributed by atoms with Gasteiger partial charge in [-0.2, -0.15) is 4.31 Å². The molecule has 0 saturated carbocycles. The predicted molar refractivity (Wildman–Crippen MR) is 116 cm³/mol. The number of aliphatic hydroxyl groups is 5. The first kappa shape index (κ1) is 30.5. The summed E-state index contributed by atoms with van der Waals surface area (Å²) in [5.41, 5.74) is 6.87. The fraction of sp³-hybridized carbons (Fsp3) is 0.733. The number of aromatic nitrogens is 2. The van der Waals surface area contributed by atoms with Crippen LogP contribution >= 0.6 is 15.6 Å². The highest BCUT2D eigenvalue weighted by Crippen LogP contribution is 2.61. The lowest BCUT2D eigenvalue weighted by Crippen LogP contribution is -2.58. The molecule has 11 atom stereocenters. The molecule has 2 aliphatic rings. The third-order valence-electron chi connectivity index (χ3n) is 5.34. The predicted octanol–water partition coefficient (Wildman–Crippen LogP) is -3.48. The topological polar surface area (TPSA) is 326 Å². The third-order valence-corrected chi connectivity index (χ3v) is 7.94. The highest BCUT2D eigenvalue weighted by molar-refractivity contribution is 7.61. The number of phosphoric ester groups is 2. The summed E-state index contributed by atoms with van der Waals surface area (Å²) in [4.78, 5) is 47.2. The Morgan fingerprint density at radius 3 is 2.32 bits per heavy atom. The second kappa shape index (κ2) is 12.0. The number of phosphoric acid groups is 2. The van der Waals surface area contributed by atoms with Crippen LogP contribution in [0, 0.1) is 0 Å². The lowest BCUT2D eigenvalue weighted by molar-refractivity contribution is -0.242. The van der Waals surface area contributed by atoms with Crippen LogP contribution in [0.1, 0.15) is 6.23 Å². The van der Waals surface area contributed by atoms with E-state index in [9.17, 15) is 54.0 Å². The van der Waals surface area contributed by atoms with E-state index in [-0.39, 0.29) is 0 Å². The molecule has 2 saturated heterocycles. The smallest absolute Gasteiger partial charge is 0.394 e. The van der Waals surface area contributed by atoms with Crippen LogP contribution in [0.5, 0.6) is 0 Å². The van der Waals surface area contributed by atoms with Gasteiger partial charge in [-0.15, -0.1) is 0 Å². The maximum atomic E-state index is 12.3. The maximum Gasteiger partial charge on any atom is 0.483 e. The van der Waals surface area contributed by atoms with Crippen LogP contribution in [0.3, 0.4) is 0 Å². The van der Waals surface area contributed by atoms with Gasteiger partial charge in [-0.05, 0) is 5.53 Å². The summed E-state index contributed by atoms with van der Waals surface area (Å²) >= 11 is 0. The Balaban J connectivity index is 1.65. The highest BCUT2D eigenvalue weighted by Gasteiger charge is 2.49. The van der Waals surface area contributed by atoms with Crippen molar-refractivity contribution < 1.29 is 67.3 Å². The average Bonchev–Trinajstić information content (AvgIpc) is 3.10. The van der Waals surface area contributed by atoms with Crippen LogP contribution in [0.4, 0.5) is 0 Å². The van der Waals surface area contributed by atoms with Crippen LogP contribution in [-0.4, -0.2) is 107 Å². The number of hydrogen-bond donors (Lipinski definition) is 8. The Kier molecular flexibility index (Phi) is 9.64. The Morgan fingerprint density at radius 2 is 1.71 bits per heavy atom. The number of nitrogens with one attached hydrogen (secondary N) is 1. The number of nitrogens with zero attached hydrogens (tertiary/aromatic N) is 4. The van der Waals surface area contributed by atoms with E-state index < -0.39 is 95.3 Å². The van der Waals surface area contributed by atoms with Gasteiger partial charge < -0.3 is 44.8 Å². The molecule has 1 aromatic rings. The van der Waals surface area contributed by atoms with E-state index in [1.807, 2.05) is 4.98 Å². The molecule has 0 radical (unpaired) electrons. The van der Waals surface area contributed by atoms with Crippen LogP contribution in [0.25, 0.3) is 10.4 Å². The number of aromatic amines is 1. The molecule has 3 rings (SSSR count). The molecule has 1 aromatic heterocycles. The first-order chi connectivity index (χ1) is 17.7. The van der Waals surface area contributed by atoms with Crippen molar-refractivity contribution >= 4 is 15.6 Å². The van der Waals surface area contributed by atoms with E-state index in [1.165, 1.54) is 0 Å². The van der Waals surface area contributed by atoms with Crippen LogP contribution < -0.4 is 11.2 Å². The van der Waals surface area contributed by atoms with Crippen molar-refractivity contribution in [3.05, 3.63) is 43.5 Å². The first-order valence-corrected chi connectivity index (χ1v) is 13.4. The molecule has 0 bridgehead atoms. The number of rotatable bonds is 10. The molecule has 0 amide bonds. The maximum absolute atomic E-state index is 12.3. The molecule has 8 N–H and O–H groups in total. The zero-order chi connectivity index (χ0) is 28.4. The summed E-state index contributed by atoms with van der Waals surface area (Å²) in [5.74, 6) is 0. The molecule has 0 aromatic carbocycles. The van der Waals surface area contributed by atoms with E-state index in [0.29, 0.717) is 0 Å². The summed E-state index contributed by atoms with van der Waals surface area (Å²) < 4.78 is 48.7. The van der Waals surface area contributed by atoms with E-state index >= 15 is 0 Å². The van der Waals surface area contributed by atoms with Crippen molar-refractivity contribution in [1.29, 1.82) is 0 Å². The Hall–Kier alpha value is -2.03. The highest BCUT2D eigenvalue weighted by atomic mass is 31.3.